The van der Waals surface area contributed by atoms with Gasteiger partial charge in [-0.2, -0.15) is 0 Å². The van der Waals surface area contributed by atoms with E-state index in [0.29, 0.717) is 42.9 Å². The Morgan fingerprint density at radius 2 is 1.91 bits per heavy atom. The molecule has 1 heterocycles. The largest absolute Gasteiger partial charge is 0.480 e. The van der Waals surface area contributed by atoms with Crippen LogP contribution >= 0.6 is 0 Å². The first-order valence-corrected chi connectivity index (χ1v) is 12.9. The maximum absolute atomic E-state index is 12.4. The average Bonchev–Trinajstić information content (AvgIpc) is 3.37. The van der Waals surface area contributed by atoms with Crippen molar-refractivity contribution in [1.29, 1.82) is 0 Å². The maximum Gasteiger partial charge on any atom is 0.326 e. The van der Waals surface area contributed by atoms with E-state index in [-0.39, 0.29) is 23.3 Å². The van der Waals surface area contributed by atoms with Gasteiger partial charge in [-0.05, 0) is 93.6 Å². The van der Waals surface area contributed by atoms with Gasteiger partial charge in [0, 0.05) is 12.0 Å². The van der Waals surface area contributed by atoms with Gasteiger partial charge in [-0.15, -0.1) is 0 Å². The zero-order chi connectivity index (χ0) is 24.3. The van der Waals surface area contributed by atoms with Gasteiger partial charge in [-0.3, -0.25) is 4.79 Å². The zero-order valence-electron chi connectivity index (χ0n) is 20.6. The summed E-state index contributed by atoms with van der Waals surface area (Å²) in [5.41, 5.74) is 1.54. The number of fused-ring (bicyclic) bond motifs is 5. The second-order valence-corrected chi connectivity index (χ2v) is 11.8. The first kappa shape index (κ1) is 23.6. The Kier molecular flexibility index (Phi) is 5.70. The van der Waals surface area contributed by atoms with E-state index in [2.05, 4.69) is 31.2 Å². The molecule has 0 aromatic rings. The molecule has 186 valence electrons. The number of carboxylic acid groups (broad SMARTS) is 1. The molecule has 5 rings (SSSR count). The lowest BCUT2D eigenvalue weighted by Crippen LogP contribution is -2.53. The van der Waals surface area contributed by atoms with E-state index in [1.807, 2.05) is 13.0 Å². The molecule has 0 aromatic carbocycles. The fourth-order valence-corrected chi connectivity index (χ4v) is 8.07. The molecule has 4 fully saturated rings. The standard InChI is InChI=1S/C27H38N2O5/c1-25-11-8-18(28-34-16-23(30)29-14-4-5-22(29)24(31)32)15-17(25)6-7-19-20(25)9-12-26(2)21(19)10-13-27(26,3)33/h8,11,15,19-22,33H,4-7,9-10,12-14,16H2,1-3H3,(H,31,32)/b28-18+/t19-,20+,21+,22?,25+,26+,27+/m1/s1. The molecule has 34 heavy (non-hydrogen) atoms. The van der Waals surface area contributed by atoms with Gasteiger partial charge in [-0.25, -0.2) is 4.79 Å². The third-order valence-electron chi connectivity index (χ3n) is 10.3. The van der Waals surface area contributed by atoms with Crippen LogP contribution in [0.25, 0.3) is 0 Å². The van der Waals surface area contributed by atoms with Crippen LogP contribution < -0.4 is 0 Å². The molecule has 2 N–H and O–H groups in total. The van der Waals surface area contributed by atoms with E-state index in [4.69, 9.17) is 4.84 Å². The fourth-order valence-electron chi connectivity index (χ4n) is 8.07. The molecule has 7 heteroatoms. The molecule has 7 nitrogen and oxygen atoms in total. The molecule has 3 saturated carbocycles. The molecular formula is C27H38N2O5. The first-order valence-electron chi connectivity index (χ1n) is 12.9. The van der Waals surface area contributed by atoms with Gasteiger partial charge in [0.2, 0.25) is 0 Å². The predicted octanol–water partition coefficient (Wildman–Crippen LogP) is 3.92. The molecule has 0 spiro atoms. The summed E-state index contributed by atoms with van der Waals surface area (Å²) < 4.78 is 0. The van der Waals surface area contributed by atoms with Crippen LogP contribution in [-0.4, -0.2) is 57.5 Å². The van der Waals surface area contributed by atoms with E-state index < -0.39 is 17.6 Å². The summed E-state index contributed by atoms with van der Waals surface area (Å²) in [5, 5.41) is 24.6. The number of carbonyl (C=O) groups is 2. The van der Waals surface area contributed by atoms with Crippen molar-refractivity contribution in [2.45, 2.75) is 83.8 Å². The number of aliphatic carboxylic acids is 1. The van der Waals surface area contributed by atoms with Crippen molar-refractivity contribution in [3.8, 4) is 0 Å². The normalized spacial score (nSPS) is 44.3. The monoisotopic (exact) mass is 470 g/mol. The highest BCUT2D eigenvalue weighted by Crippen LogP contribution is 2.66. The number of carboxylic acids is 1. The van der Waals surface area contributed by atoms with E-state index in [0.717, 1.165) is 38.5 Å². The second kappa shape index (κ2) is 8.21. The zero-order valence-corrected chi connectivity index (χ0v) is 20.6. The third-order valence-corrected chi connectivity index (χ3v) is 10.3. The molecular weight excluding hydrogens is 432 g/mol. The molecule has 7 atom stereocenters. The number of nitrogens with zero attached hydrogens (tertiary/aromatic N) is 2. The highest BCUT2D eigenvalue weighted by molar-refractivity contribution is 6.05. The van der Waals surface area contributed by atoms with Crippen LogP contribution in [0.2, 0.25) is 0 Å². The van der Waals surface area contributed by atoms with Crippen LogP contribution in [0.3, 0.4) is 0 Å². The molecule has 1 unspecified atom stereocenters. The number of carbonyl (C=O) groups excluding carboxylic acids is 1. The topological polar surface area (TPSA) is 99.4 Å². The number of oxime groups is 1. The summed E-state index contributed by atoms with van der Waals surface area (Å²) in [6, 6.07) is -0.753. The van der Waals surface area contributed by atoms with Crippen LogP contribution in [0.1, 0.15) is 72.1 Å². The summed E-state index contributed by atoms with van der Waals surface area (Å²) in [4.78, 5) is 30.5. The Bertz CT molecular complexity index is 968. The van der Waals surface area contributed by atoms with Crippen LogP contribution in [0, 0.1) is 28.6 Å². The Balaban J connectivity index is 1.25. The quantitative estimate of drug-likeness (QED) is 0.607. The number of amides is 1. The highest BCUT2D eigenvalue weighted by Gasteiger charge is 2.62. The molecule has 0 radical (unpaired) electrons. The van der Waals surface area contributed by atoms with E-state index in [9.17, 15) is 19.8 Å². The van der Waals surface area contributed by atoms with Crippen molar-refractivity contribution in [1.82, 2.24) is 4.90 Å². The van der Waals surface area contributed by atoms with Crippen molar-refractivity contribution in [2.24, 2.45) is 33.7 Å². The lowest BCUT2D eigenvalue weighted by Gasteiger charge is -2.58. The van der Waals surface area contributed by atoms with Crippen molar-refractivity contribution in [3.05, 3.63) is 23.8 Å². The Morgan fingerprint density at radius 3 is 2.68 bits per heavy atom. The van der Waals surface area contributed by atoms with Crippen molar-refractivity contribution in [3.63, 3.8) is 0 Å². The maximum atomic E-state index is 12.4. The lowest BCUT2D eigenvalue weighted by molar-refractivity contribution is -0.150. The molecule has 1 saturated heterocycles. The third kappa shape index (κ3) is 3.53. The van der Waals surface area contributed by atoms with Gasteiger partial charge >= 0.3 is 5.97 Å². The number of likely N-dealkylation sites (tertiary alicyclic amines) is 1. The molecule has 1 amide bonds. The number of allylic oxidation sites excluding steroid dienone is 4. The predicted molar refractivity (Wildman–Crippen MR) is 128 cm³/mol. The highest BCUT2D eigenvalue weighted by atomic mass is 16.6. The second-order valence-electron chi connectivity index (χ2n) is 11.8. The van der Waals surface area contributed by atoms with Crippen molar-refractivity contribution >= 4 is 17.6 Å². The minimum Gasteiger partial charge on any atom is -0.480 e. The van der Waals surface area contributed by atoms with E-state index in [1.54, 1.807) is 0 Å². The van der Waals surface area contributed by atoms with Gasteiger partial charge in [0.1, 0.15) is 11.8 Å². The van der Waals surface area contributed by atoms with Gasteiger partial charge in [0.25, 0.3) is 5.91 Å². The lowest BCUT2D eigenvalue weighted by atomic mass is 9.47. The fraction of sp³-hybridized carbons (Fsp3) is 0.741. The van der Waals surface area contributed by atoms with Crippen LogP contribution in [0.5, 0.6) is 0 Å². The minimum absolute atomic E-state index is 0.00219. The number of rotatable bonds is 4. The van der Waals surface area contributed by atoms with Gasteiger partial charge in [0.15, 0.2) is 6.61 Å². The van der Waals surface area contributed by atoms with Crippen molar-refractivity contribution in [2.75, 3.05) is 13.2 Å². The van der Waals surface area contributed by atoms with Gasteiger partial charge < -0.3 is 20.0 Å². The van der Waals surface area contributed by atoms with Gasteiger partial charge in [-0.1, -0.05) is 30.7 Å². The molecule has 0 bridgehead atoms. The summed E-state index contributed by atoms with van der Waals surface area (Å²) in [7, 11) is 0. The molecule has 5 aliphatic rings. The summed E-state index contributed by atoms with van der Waals surface area (Å²) in [6.45, 7) is 6.92. The molecule has 0 aromatic heterocycles. The Morgan fingerprint density at radius 1 is 1.15 bits per heavy atom. The number of hydrogen-bond donors (Lipinski definition) is 2. The molecule has 1 aliphatic heterocycles. The van der Waals surface area contributed by atoms with Crippen LogP contribution in [0.15, 0.2) is 29.0 Å². The number of aliphatic hydroxyl groups is 1. The first-order chi connectivity index (χ1) is 16.1. The van der Waals surface area contributed by atoms with Crippen molar-refractivity contribution < 1.29 is 24.6 Å². The SMILES string of the molecule is C[C@]12C=C/C(=N\OCC(=O)N3CCCC3C(=O)O)C=C1CC[C@@H]1[C@@H]2CC[C@@]2(C)[C@H]1CC[C@]2(C)O. The Labute approximate surface area is 201 Å². The number of hydrogen-bond acceptors (Lipinski definition) is 5. The average molecular weight is 471 g/mol. The van der Waals surface area contributed by atoms with E-state index >= 15 is 0 Å². The summed E-state index contributed by atoms with van der Waals surface area (Å²) in [5.74, 6) is 0.496. The summed E-state index contributed by atoms with van der Waals surface area (Å²) in [6.07, 6.45) is 14.0. The summed E-state index contributed by atoms with van der Waals surface area (Å²) >= 11 is 0. The smallest absolute Gasteiger partial charge is 0.326 e. The van der Waals surface area contributed by atoms with Crippen LogP contribution in [-0.2, 0) is 14.4 Å². The minimum atomic E-state index is -0.962. The molecule has 4 aliphatic carbocycles. The Hall–Kier alpha value is -2.15. The van der Waals surface area contributed by atoms with Gasteiger partial charge in [0.05, 0.1) is 5.60 Å². The van der Waals surface area contributed by atoms with Crippen LogP contribution in [0.4, 0.5) is 0 Å². The van der Waals surface area contributed by atoms with E-state index in [1.165, 1.54) is 10.5 Å².